The standard InChI is InChI=1S/C14H14F3N3OS/c15-14(16,17)10-2-1-3-11(8-10)19-4-6-20(7-5-19)13-18-12(21)9-22-13/h1-3,8H,4-7,9H2. The third kappa shape index (κ3) is 3.21. The van der Waals surface area contributed by atoms with Crippen molar-refractivity contribution < 1.29 is 18.0 Å². The Morgan fingerprint density at radius 2 is 1.77 bits per heavy atom. The molecule has 22 heavy (non-hydrogen) atoms. The van der Waals surface area contributed by atoms with E-state index in [1.807, 2.05) is 9.80 Å². The summed E-state index contributed by atoms with van der Waals surface area (Å²) >= 11 is 1.42. The van der Waals surface area contributed by atoms with Crippen LogP contribution < -0.4 is 4.90 Å². The Hall–Kier alpha value is -1.70. The van der Waals surface area contributed by atoms with Crippen molar-refractivity contribution in [1.82, 2.24) is 4.90 Å². The van der Waals surface area contributed by atoms with E-state index in [1.165, 1.54) is 23.9 Å². The molecule has 4 nitrogen and oxygen atoms in total. The maximum atomic E-state index is 12.8. The van der Waals surface area contributed by atoms with Gasteiger partial charge in [-0.25, -0.2) is 0 Å². The van der Waals surface area contributed by atoms with E-state index in [-0.39, 0.29) is 5.91 Å². The number of halogens is 3. The largest absolute Gasteiger partial charge is 0.416 e. The monoisotopic (exact) mass is 329 g/mol. The van der Waals surface area contributed by atoms with Gasteiger partial charge in [0.2, 0.25) is 0 Å². The number of hydrogen-bond donors (Lipinski definition) is 0. The molecule has 0 N–H and O–H groups in total. The van der Waals surface area contributed by atoms with Crippen LogP contribution in [0.3, 0.4) is 0 Å². The molecule has 2 aliphatic rings. The molecule has 0 unspecified atom stereocenters. The fraction of sp³-hybridized carbons (Fsp3) is 0.429. The fourth-order valence-electron chi connectivity index (χ4n) is 2.49. The molecule has 0 aliphatic carbocycles. The van der Waals surface area contributed by atoms with Crippen molar-refractivity contribution in [1.29, 1.82) is 0 Å². The minimum absolute atomic E-state index is 0.125. The van der Waals surface area contributed by atoms with Gasteiger partial charge in [0.05, 0.1) is 11.3 Å². The maximum Gasteiger partial charge on any atom is 0.416 e. The highest BCUT2D eigenvalue weighted by Crippen LogP contribution is 2.32. The molecular weight excluding hydrogens is 315 g/mol. The number of carbonyl (C=O) groups excluding carboxylic acids is 1. The Morgan fingerprint density at radius 1 is 1.09 bits per heavy atom. The summed E-state index contributed by atoms with van der Waals surface area (Å²) in [6.07, 6.45) is -4.33. The Bertz CT molecular complexity index is 610. The zero-order valence-corrected chi connectivity index (χ0v) is 12.5. The van der Waals surface area contributed by atoms with Crippen molar-refractivity contribution in [2.24, 2.45) is 4.99 Å². The summed E-state index contributed by atoms with van der Waals surface area (Å²) < 4.78 is 38.3. The molecule has 0 spiro atoms. The molecule has 8 heteroatoms. The number of alkyl halides is 3. The number of nitrogens with zero attached hydrogens (tertiary/aromatic N) is 3. The van der Waals surface area contributed by atoms with Gasteiger partial charge in [0.25, 0.3) is 5.91 Å². The zero-order valence-electron chi connectivity index (χ0n) is 11.6. The van der Waals surface area contributed by atoms with Gasteiger partial charge in [0, 0.05) is 31.9 Å². The molecule has 0 bridgehead atoms. The van der Waals surface area contributed by atoms with Crippen LogP contribution in [0, 0.1) is 0 Å². The predicted molar refractivity (Wildman–Crippen MR) is 80.1 cm³/mol. The van der Waals surface area contributed by atoms with Crippen molar-refractivity contribution in [3.8, 4) is 0 Å². The summed E-state index contributed by atoms with van der Waals surface area (Å²) in [5.41, 5.74) is -0.0553. The predicted octanol–water partition coefficient (Wildman–Crippen LogP) is 2.46. The normalized spacial score (nSPS) is 19.6. The highest BCUT2D eigenvalue weighted by Gasteiger charge is 2.31. The van der Waals surface area contributed by atoms with Gasteiger partial charge in [-0.1, -0.05) is 17.8 Å². The number of benzene rings is 1. The molecule has 2 heterocycles. The van der Waals surface area contributed by atoms with Crippen LogP contribution in [-0.4, -0.2) is 47.9 Å². The van der Waals surface area contributed by atoms with Gasteiger partial charge in [-0.15, -0.1) is 0 Å². The van der Waals surface area contributed by atoms with Gasteiger partial charge in [0.15, 0.2) is 5.17 Å². The van der Waals surface area contributed by atoms with E-state index in [4.69, 9.17) is 0 Å². The number of anilines is 1. The summed E-state index contributed by atoms with van der Waals surface area (Å²) in [7, 11) is 0. The first-order chi connectivity index (χ1) is 10.4. The van der Waals surface area contributed by atoms with E-state index in [0.717, 1.165) is 11.2 Å². The smallest absolute Gasteiger partial charge is 0.368 e. The first-order valence-electron chi connectivity index (χ1n) is 6.85. The summed E-state index contributed by atoms with van der Waals surface area (Å²) in [4.78, 5) is 19.1. The number of amidine groups is 1. The minimum atomic E-state index is -4.33. The number of carbonyl (C=O) groups is 1. The third-order valence-corrected chi connectivity index (χ3v) is 4.63. The molecule has 1 aromatic carbocycles. The number of aliphatic imine (C=N–C) groups is 1. The molecule has 118 valence electrons. The average molecular weight is 329 g/mol. The van der Waals surface area contributed by atoms with E-state index in [0.29, 0.717) is 37.6 Å². The quantitative estimate of drug-likeness (QED) is 0.793. The molecule has 1 aromatic rings. The van der Waals surface area contributed by atoms with Gasteiger partial charge in [0.1, 0.15) is 0 Å². The van der Waals surface area contributed by atoms with Crippen LogP contribution in [0.4, 0.5) is 18.9 Å². The Kier molecular flexibility index (Phi) is 4.03. The lowest BCUT2D eigenvalue weighted by atomic mass is 10.1. The van der Waals surface area contributed by atoms with Crippen LogP contribution in [0.1, 0.15) is 5.56 Å². The van der Waals surface area contributed by atoms with Crippen LogP contribution in [0.25, 0.3) is 0 Å². The van der Waals surface area contributed by atoms with E-state index in [2.05, 4.69) is 4.99 Å². The Morgan fingerprint density at radius 3 is 2.36 bits per heavy atom. The van der Waals surface area contributed by atoms with Crippen molar-refractivity contribution in [3.63, 3.8) is 0 Å². The second-order valence-electron chi connectivity index (χ2n) is 5.10. The lowest BCUT2D eigenvalue weighted by molar-refractivity contribution is -0.137. The second-order valence-corrected chi connectivity index (χ2v) is 6.04. The minimum Gasteiger partial charge on any atom is -0.368 e. The zero-order chi connectivity index (χ0) is 15.7. The number of thioether (sulfide) groups is 1. The van der Waals surface area contributed by atoms with Crippen molar-refractivity contribution >= 4 is 28.5 Å². The molecular formula is C14H14F3N3OS. The molecule has 1 fully saturated rings. The molecule has 3 rings (SSSR count). The first-order valence-corrected chi connectivity index (χ1v) is 7.83. The summed E-state index contributed by atoms with van der Waals surface area (Å²) in [6.45, 7) is 2.51. The fourth-order valence-corrected chi connectivity index (χ4v) is 3.34. The van der Waals surface area contributed by atoms with Crippen LogP contribution in [-0.2, 0) is 11.0 Å². The maximum absolute atomic E-state index is 12.8. The van der Waals surface area contributed by atoms with E-state index < -0.39 is 11.7 Å². The van der Waals surface area contributed by atoms with E-state index in [1.54, 1.807) is 6.07 Å². The van der Waals surface area contributed by atoms with Crippen LogP contribution in [0.5, 0.6) is 0 Å². The number of rotatable bonds is 1. The van der Waals surface area contributed by atoms with Crippen molar-refractivity contribution in [2.75, 3.05) is 36.8 Å². The highest BCUT2D eigenvalue weighted by molar-refractivity contribution is 8.14. The number of hydrogen-bond acceptors (Lipinski definition) is 4. The van der Waals surface area contributed by atoms with Crippen LogP contribution >= 0.6 is 11.8 Å². The van der Waals surface area contributed by atoms with Gasteiger partial charge in [-0.05, 0) is 18.2 Å². The van der Waals surface area contributed by atoms with E-state index in [9.17, 15) is 18.0 Å². The Labute approximate surface area is 130 Å². The lowest BCUT2D eigenvalue weighted by Crippen LogP contribution is -2.47. The molecule has 0 radical (unpaired) electrons. The molecule has 1 amide bonds. The molecule has 0 saturated carbocycles. The van der Waals surface area contributed by atoms with E-state index >= 15 is 0 Å². The molecule has 2 aliphatic heterocycles. The van der Waals surface area contributed by atoms with Crippen molar-refractivity contribution in [2.45, 2.75) is 6.18 Å². The molecule has 0 aromatic heterocycles. The van der Waals surface area contributed by atoms with Crippen LogP contribution in [0.2, 0.25) is 0 Å². The lowest BCUT2D eigenvalue weighted by Gasteiger charge is -2.36. The van der Waals surface area contributed by atoms with Gasteiger partial charge in [-0.3, -0.25) is 4.79 Å². The first kappa shape index (κ1) is 15.2. The number of piperazine rings is 1. The van der Waals surface area contributed by atoms with Gasteiger partial charge < -0.3 is 9.80 Å². The molecule has 1 saturated heterocycles. The summed E-state index contributed by atoms with van der Waals surface area (Å²) in [5.74, 6) is 0.253. The average Bonchev–Trinajstić information content (AvgIpc) is 2.93. The number of amides is 1. The second kappa shape index (κ2) is 5.83. The van der Waals surface area contributed by atoms with Gasteiger partial charge >= 0.3 is 6.18 Å². The summed E-state index contributed by atoms with van der Waals surface area (Å²) in [6, 6.07) is 5.38. The Balaban J connectivity index is 1.67. The topological polar surface area (TPSA) is 35.9 Å². The van der Waals surface area contributed by atoms with Crippen molar-refractivity contribution in [3.05, 3.63) is 29.8 Å². The van der Waals surface area contributed by atoms with Gasteiger partial charge in [-0.2, -0.15) is 18.2 Å². The summed E-state index contributed by atoms with van der Waals surface area (Å²) in [5, 5.41) is 0.730. The molecule has 0 atom stereocenters. The van der Waals surface area contributed by atoms with Crippen LogP contribution in [0.15, 0.2) is 29.3 Å². The third-order valence-electron chi connectivity index (χ3n) is 3.63. The highest BCUT2D eigenvalue weighted by atomic mass is 32.2. The SMILES string of the molecule is O=C1CSC(N2CCN(c3cccc(C(F)(F)F)c3)CC2)=N1.